The van der Waals surface area contributed by atoms with Gasteiger partial charge in [0.25, 0.3) is 5.91 Å². The molecular weight excluding hydrogens is 278 g/mol. The van der Waals surface area contributed by atoms with Gasteiger partial charge < -0.3 is 14.8 Å². The zero-order valence-corrected chi connectivity index (χ0v) is 13.6. The topological polar surface area (TPSA) is 47.6 Å². The van der Waals surface area contributed by atoms with Crippen LogP contribution in [0.2, 0.25) is 0 Å². The molecule has 0 heterocycles. The Hall–Kier alpha value is -1.55. The van der Waals surface area contributed by atoms with E-state index in [0.29, 0.717) is 31.2 Å². The fourth-order valence-electron chi connectivity index (χ4n) is 2.00. The van der Waals surface area contributed by atoms with Crippen LogP contribution < -0.4 is 10.1 Å². The van der Waals surface area contributed by atoms with Crippen molar-refractivity contribution in [3.8, 4) is 5.75 Å². The van der Waals surface area contributed by atoms with E-state index >= 15 is 0 Å². The van der Waals surface area contributed by atoms with Crippen LogP contribution in [0.25, 0.3) is 0 Å². The maximum absolute atomic E-state index is 12.1. The second-order valence-corrected chi connectivity index (χ2v) is 6.36. The van der Waals surface area contributed by atoms with E-state index in [1.165, 1.54) is 12.8 Å². The van der Waals surface area contributed by atoms with Gasteiger partial charge in [-0.25, -0.2) is 0 Å². The Kier molecular flexibility index (Phi) is 6.72. The molecule has 0 saturated heterocycles. The fourth-order valence-corrected chi connectivity index (χ4v) is 2.00. The molecule has 1 fully saturated rings. The average molecular weight is 305 g/mol. The summed E-state index contributed by atoms with van der Waals surface area (Å²) in [5, 5.41) is 2.92. The Bertz CT molecular complexity index is 469. The normalized spacial score (nSPS) is 14.1. The van der Waals surface area contributed by atoms with E-state index in [2.05, 4.69) is 19.2 Å². The lowest BCUT2D eigenvalue weighted by Gasteiger charge is -2.10. The Morgan fingerprint density at radius 2 is 2.18 bits per heavy atom. The number of hydrogen-bond acceptors (Lipinski definition) is 3. The summed E-state index contributed by atoms with van der Waals surface area (Å²) in [5.41, 5.74) is 0.639. The summed E-state index contributed by atoms with van der Waals surface area (Å²) in [6.07, 6.45) is 3.47. The summed E-state index contributed by atoms with van der Waals surface area (Å²) in [6, 6.07) is 7.33. The van der Waals surface area contributed by atoms with Crippen molar-refractivity contribution >= 4 is 5.91 Å². The van der Waals surface area contributed by atoms with Crippen molar-refractivity contribution in [1.29, 1.82) is 0 Å². The third-order valence-electron chi connectivity index (χ3n) is 3.48. The van der Waals surface area contributed by atoms with Gasteiger partial charge in [0.15, 0.2) is 0 Å². The van der Waals surface area contributed by atoms with Gasteiger partial charge in [0.1, 0.15) is 5.75 Å². The predicted octanol–water partition coefficient (Wildman–Crippen LogP) is 3.27. The van der Waals surface area contributed by atoms with Crippen LogP contribution in [0.5, 0.6) is 5.75 Å². The van der Waals surface area contributed by atoms with Crippen LogP contribution >= 0.6 is 0 Å². The Morgan fingerprint density at radius 1 is 1.36 bits per heavy atom. The lowest BCUT2D eigenvalue weighted by Crippen LogP contribution is -2.25. The van der Waals surface area contributed by atoms with Crippen LogP contribution in [0.15, 0.2) is 24.3 Å². The number of amides is 1. The number of ether oxygens (including phenoxy) is 2. The monoisotopic (exact) mass is 305 g/mol. The number of nitrogens with one attached hydrogen (secondary N) is 1. The maximum Gasteiger partial charge on any atom is 0.251 e. The molecule has 22 heavy (non-hydrogen) atoms. The smallest absolute Gasteiger partial charge is 0.251 e. The second-order valence-electron chi connectivity index (χ2n) is 6.36. The largest absolute Gasteiger partial charge is 0.493 e. The third-order valence-corrected chi connectivity index (χ3v) is 3.48. The van der Waals surface area contributed by atoms with Crippen molar-refractivity contribution in [3.63, 3.8) is 0 Å². The summed E-state index contributed by atoms with van der Waals surface area (Å²) >= 11 is 0. The van der Waals surface area contributed by atoms with Crippen LogP contribution in [0.4, 0.5) is 0 Å². The molecule has 1 aromatic rings. The zero-order valence-electron chi connectivity index (χ0n) is 13.6. The molecule has 0 unspecified atom stereocenters. The van der Waals surface area contributed by atoms with E-state index in [-0.39, 0.29) is 5.91 Å². The molecule has 1 aromatic carbocycles. The Morgan fingerprint density at radius 3 is 2.91 bits per heavy atom. The SMILES string of the molecule is CC(C)COc1cccc(C(=O)NCCCOCC2CC2)c1. The minimum atomic E-state index is -0.0582. The lowest BCUT2D eigenvalue weighted by atomic mass is 10.2. The molecule has 0 aromatic heterocycles. The van der Waals surface area contributed by atoms with Gasteiger partial charge in [-0.05, 0) is 49.3 Å². The summed E-state index contributed by atoms with van der Waals surface area (Å²) in [4.78, 5) is 12.1. The summed E-state index contributed by atoms with van der Waals surface area (Å²) in [5.74, 6) is 1.95. The Labute approximate surface area is 133 Å². The summed E-state index contributed by atoms with van der Waals surface area (Å²) < 4.78 is 11.2. The van der Waals surface area contributed by atoms with Crippen molar-refractivity contribution < 1.29 is 14.3 Å². The summed E-state index contributed by atoms with van der Waals surface area (Å²) in [6.45, 7) is 7.09. The first kappa shape index (κ1) is 16.8. The molecule has 1 aliphatic carbocycles. The molecule has 122 valence electrons. The molecule has 4 heteroatoms. The van der Waals surface area contributed by atoms with Gasteiger partial charge >= 0.3 is 0 Å². The zero-order chi connectivity index (χ0) is 15.8. The highest BCUT2D eigenvalue weighted by Crippen LogP contribution is 2.28. The average Bonchev–Trinajstić information content (AvgIpc) is 3.33. The van der Waals surface area contributed by atoms with Crippen LogP contribution in [-0.2, 0) is 4.74 Å². The molecule has 0 radical (unpaired) electrons. The molecule has 0 spiro atoms. The van der Waals surface area contributed by atoms with Crippen molar-refractivity contribution in [1.82, 2.24) is 5.32 Å². The molecule has 0 atom stereocenters. The first-order valence-electron chi connectivity index (χ1n) is 8.24. The minimum Gasteiger partial charge on any atom is -0.493 e. The van der Waals surface area contributed by atoms with E-state index in [1.807, 2.05) is 12.1 Å². The first-order chi connectivity index (χ1) is 10.6. The van der Waals surface area contributed by atoms with Gasteiger partial charge in [-0.3, -0.25) is 4.79 Å². The second kappa shape index (κ2) is 8.79. The molecule has 1 amide bonds. The van der Waals surface area contributed by atoms with Crippen molar-refractivity contribution in [2.75, 3.05) is 26.4 Å². The minimum absolute atomic E-state index is 0.0582. The quantitative estimate of drug-likeness (QED) is 0.675. The van der Waals surface area contributed by atoms with Crippen LogP contribution in [0.3, 0.4) is 0 Å². The number of carbonyl (C=O) groups excluding carboxylic acids is 1. The van der Waals surface area contributed by atoms with Gasteiger partial charge in [-0.15, -0.1) is 0 Å². The maximum atomic E-state index is 12.1. The molecule has 1 saturated carbocycles. The molecule has 0 bridgehead atoms. The molecule has 1 N–H and O–H groups in total. The van der Waals surface area contributed by atoms with Gasteiger partial charge in [0, 0.05) is 25.3 Å². The van der Waals surface area contributed by atoms with Crippen molar-refractivity contribution in [2.45, 2.75) is 33.1 Å². The summed E-state index contributed by atoms with van der Waals surface area (Å²) in [7, 11) is 0. The standard InChI is InChI=1S/C18H27NO3/c1-14(2)12-22-17-6-3-5-16(11-17)18(20)19-9-4-10-21-13-15-7-8-15/h3,5-6,11,14-15H,4,7-10,12-13H2,1-2H3,(H,19,20). The highest BCUT2D eigenvalue weighted by Gasteiger charge is 2.20. The Balaban J connectivity index is 1.65. The number of benzene rings is 1. The number of carbonyl (C=O) groups is 1. The van der Waals surface area contributed by atoms with Gasteiger partial charge in [-0.2, -0.15) is 0 Å². The van der Waals surface area contributed by atoms with Crippen LogP contribution in [0, 0.1) is 11.8 Å². The van der Waals surface area contributed by atoms with E-state index in [4.69, 9.17) is 9.47 Å². The fraction of sp³-hybridized carbons (Fsp3) is 0.611. The molecule has 4 nitrogen and oxygen atoms in total. The van der Waals surface area contributed by atoms with E-state index in [1.54, 1.807) is 12.1 Å². The van der Waals surface area contributed by atoms with E-state index in [9.17, 15) is 4.79 Å². The van der Waals surface area contributed by atoms with Crippen LogP contribution in [-0.4, -0.2) is 32.3 Å². The van der Waals surface area contributed by atoms with Crippen LogP contribution in [0.1, 0.15) is 43.5 Å². The molecule has 2 rings (SSSR count). The predicted molar refractivity (Wildman–Crippen MR) is 87.3 cm³/mol. The van der Waals surface area contributed by atoms with Gasteiger partial charge in [0.05, 0.1) is 6.61 Å². The molecule has 1 aliphatic rings. The highest BCUT2D eigenvalue weighted by molar-refractivity contribution is 5.94. The first-order valence-corrected chi connectivity index (χ1v) is 8.24. The van der Waals surface area contributed by atoms with Crippen molar-refractivity contribution in [3.05, 3.63) is 29.8 Å². The number of hydrogen-bond donors (Lipinski definition) is 1. The molecule has 0 aliphatic heterocycles. The highest BCUT2D eigenvalue weighted by atomic mass is 16.5. The van der Waals surface area contributed by atoms with E-state index < -0.39 is 0 Å². The number of rotatable bonds is 10. The van der Waals surface area contributed by atoms with Gasteiger partial charge in [0.2, 0.25) is 0 Å². The third kappa shape index (κ3) is 6.48. The lowest BCUT2D eigenvalue weighted by molar-refractivity contribution is 0.0937. The molecular formula is C18H27NO3. The van der Waals surface area contributed by atoms with Crippen molar-refractivity contribution in [2.24, 2.45) is 11.8 Å². The van der Waals surface area contributed by atoms with Gasteiger partial charge in [-0.1, -0.05) is 19.9 Å². The van der Waals surface area contributed by atoms with E-state index in [0.717, 1.165) is 24.7 Å².